The van der Waals surface area contributed by atoms with E-state index < -0.39 is 0 Å². The highest BCUT2D eigenvalue weighted by Gasteiger charge is 2.35. The molecule has 23 heavy (non-hydrogen) atoms. The van der Waals surface area contributed by atoms with E-state index in [1.54, 1.807) is 23.1 Å². The van der Waals surface area contributed by atoms with Gasteiger partial charge in [-0.25, -0.2) is 0 Å². The minimum atomic E-state index is -0.344. The first-order chi connectivity index (χ1) is 10.5. The van der Waals surface area contributed by atoms with Gasteiger partial charge in [0.05, 0.1) is 5.92 Å². The molecular weight excluding hydrogens is 361 g/mol. The Balaban J connectivity index is 0.00000264. The molecule has 8 heteroatoms. The third kappa shape index (κ3) is 5.53. The van der Waals surface area contributed by atoms with Gasteiger partial charge in [0.25, 0.3) is 0 Å². The zero-order chi connectivity index (χ0) is 16.1. The Morgan fingerprint density at radius 2 is 1.91 bits per heavy atom. The number of unbranched alkanes of at least 4 members (excludes halogenated alkanes) is 1. The first kappa shape index (κ1) is 20.0. The largest absolute Gasteiger partial charge is 0.356 e. The van der Waals surface area contributed by atoms with Crippen LogP contribution in [0.25, 0.3) is 0 Å². The van der Waals surface area contributed by atoms with Gasteiger partial charge < -0.3 is 16.0 Å². The van der Waals surface area contributed by atoms with E-state index in [1.165, 1.54) is 0 Å². The third-order valence-electron chi connectivity index (χ3n) is 3.58. The predicted molar refractivity (Wildman–Crippen MR) is 95.5 cm³/mol. The van der Waals surface area contributed by atoms with Gasteiger partial charge in [-0.15, -0.1) is 12.4 Å². The van der Waals surface area contributed by atoms with Crippen molar-refractivity contribution in [2.45, 2.75) is 19.3 Å². The smallest absolute Gasteiger partial charge is 0.227 e. The summed E-state index contributed by atoms with van der Waals surface area (Å²) in [6, 6.07) is 4.95. The summed E-state index contributed by atoms with van der Waals surface area (Å²) in [6.07, 6.45) is 1.92. The van der Waals surface area contributed by atoms with Crippen LogP contribution in [0.15, 0.2) is 18.2 Å². The average Bonchev–Trinajstić information content (AvgIpc) is 2.84. The molecule has 3 N–H and O–H groups in total. The van der Waals surface area contributed by atoms with Gasteiger partial charge in [-0.1, -0.05) is 23.2 Å². The van der Waals surface area contributed by atoms with Crippen LogP contribution in [0.5, 0.6) is 0 Å². The van der Waals surface area contributed by atoms with Crippen molar-refractivity contribution in [3.63, 3.8) is 0 Å². The molecule has 0 radical (unpaired) electrons. The molecular formula is C15H20Cl3N3O2. The topological polar surface area (TPSA) is 75.4 Å². The summed E-state index contributed by atoms with van der Waals surface area (Å²) in [6.45, 7) is 1.54. The molecule has 128 valence electrons. The zero-order valence-electron chi connectivity index (χ0n) is 12.6. The van der Waals surface area contributed by atoms with Crippen LogP contribution >= 0.6 is 35.6 Å². The van der Waals surface area contributed by atoms with E-state index in [0.717, 1.165) is 12.8 Å². The van der Waals surface area contributed by atoms with Crippen LogP contribution in [0.4, 0.5) is 5.69 Å². The van der Waals surface area contributed by atoms with Gasteiger partial charge in [0.1, 0.15) is 0 Å². The number of nitrogens with zero attached hydrogens (tertiary/aromatic N) is 1. The molecule has 1 atom stereocenters. The Kier molecular flexibility index (Phi) is 8.12. The van der Waals surface area contributed by atoms with Crippen molar-refractivity contribution in [3.05, 3.63) is 28.2 Å². The molecule has 1 aromatic rings. The number of carbonyl (C=O) groups is 2. The Hall–Kier alpha value is -1.01. The highest BCUT2D eigenvalue weighted by Crippen LogP contribution is 2.30. The molecule has 1 aliphatic rings. The zero-order valence-corrected chi connectivity index (χ0v) is 14.9. The fourth-order valence-corrected chi connectivity index (χ4v) is 2.97. The normalized spacial score (nSPS) is 17.1. The number of halogens is 3. The molecule has 1 aromatic carbocycles. The molecule has 0 aromatic heterocycles. The first-order valence-electron chi connectivity index (χ1n) is 7.25. The summed E-state index contributed by atoms with van der Waals surface area (Å²) in [4.78, 5) is 25.8. The number of hydrogen-bond donors (Lipinski definition) is 2. The summed E-state index contributed by atoms with van der Waals surface area (Å²) in [5.74, 6) is -0.537. The molecule has 5 nitrogen and oxygen atoms in total. The maximum absolute atomic E-state index is 12.1. The number of nitrogens with one attached hydrogen (secondary N) is 1. The summed E-state index contributed by atoms with van der Waals surface area (Å²) in [5.41, 5.74) is 6.03. The van der Waals surface area contributed by atoms with Crippen LogP contribution in [0, 0.1) is 5.92 Å². The van der Waals surface area contributed by atoms with E-state index >= 15 is 0 Å². The Morgan fingerprint density at radius 3 is 2.52 bits per heavy atom. The van der Waals surface area contributed by atoms with Crippen molar-refractivity contribution in [1.29, 1.82) is 0 Å². The van der Waals surface area contributed by atoms with Crippen molar-refractivity contribution in [2.75, 3.05) is 24.5 Å². The van der Waals surface area contributed by atoms with Crippen LogP contribution < -0.4 is 16.0 Å². The van der Waals surface area contributed by atoms with E-state index in [-0.39, 0.29) is 36.6 Å². The predicted octanol–water partition coefficient (Wildman–Crippen LogP) is 2.62. The van der Waals surface area contributed by atoms with E-state index in [1.807, 2.05) is 0 Å². The van der Waals surface area contributed by atoms with Gasteiger partial charge in [-0.3, -0.25) is 9.59 Å². The van der Waals surface area contributed by atoms with Crippen molar-refractivity contribution in [1.82, 2.24) is 5.32 Å². The van der Waals surface area contributed by atoms with Crippen molar-refractivity contribution < 1.29 is 9.59 Å². The molecule has 1 saturated heterocycles. The SMILES string of the molecule is Cl.NCCCCNC(=O)C1CC(=O)N(c2cc(Cl)cc(Cl)c2)C1. The van der Waals surface area contributed by atoms with E-state index in [2.05, 4.69) is 5.32 Å². The number of carbonyl (C=O) groups excluding carboxylic acids is 2. The molecule has 1 aliphatic heterocycles. The quantitative estimate of drug-likeness (QED) is 0.745. The molecule has 0 bridgehead atoms. The molecule has 1 fully saturated rings. The lowest BCUT2D eigenvalue weighted by atomic mass is 10.1. The summed E-state index contributed by atoms with van der Waals surface area (Å²) in [5, 5.41) is 3.78. The minimum Gasteiger partial charge on any atom is -0.356 e. The van der Waals surface area contributed by atoms with Gasteiger partial charge in [-0.2, -0.15) is 0 Å². The fourth-order valence-electron chi connectivity index (χ4n) is 2.45. The second kappa shape index (κ2) is 9.33. The van der Waals surface area contributed by atoms with Gasteiger partial charge in [0.15, 0.2) is 0 Å². The van der Waals surface area contributed by atoms with Crippen LogP contribution in [-0.4, -0.2) is 31.4 Å². The Morgan fingerprint density at radius 1 is 1.26 bits per heavy atom. The van der Waals surface area contributed by atoms with Crippen LogP contribution in [0.3, 0.4) is 0 Å². The third-order valence-corrected chi connectivity index (χ3v) is 4.02. The molecule has 1 unspecified atom stereocenters. The monoisotopic (exact) mass is 379 g/mol. The maximum Gasteiger partial charge on any atom is 0.227 e. The van der Waals surface area contributed by atoms with Gasteiger partial charge in [-0.05, 0) is 37.6 Å². The number of rotatable bonds is 6. The first-order valence-corrected chi connectivity index (χ1v) is 8.01. The lowest BCUT2D eigenvalue weighted by molar-refractivity contribution is -0.126. The Bertz CT molecular complexity index is 549. The van der Waals surface area contributed by atoms with E-state index in [9.17, 15) is 9.59 Å². The van der Waals surface area contributed by atoms with E-state index in [4.69, 9.17) is 28.9 Å². The van der Waals surface area contributed by atoms with Crippen LogP contribution in [-0.2, 0) is 9.59 Å². The lowest BCUT2D eigenvalue weighted by Crippen LogP contribution is -2.33. The van der Waals surface area contributed by atoms with Crippen molar-refractivity contribution >= 4 is 53.1 Å². The highest BCUT2D eigenvalue weighted by atomic mass is 35.5. The number of nitrogens with two attached hydrogens (primary N) is 1. The standard InChI is InChI=1S/C15H19Cl2N3O2.ClH/c16-11-6-12(17)8-13(7-11)20-9-10(5-14(20)21)15(22)19-4-2-1-3-18;/h6-8,10H,1-5,9,18H2,(H,19,22);1H. The Labute approximate surface area is 151 Å². The number of benzene rings is 1. The van der Waals surface area contributed by atoms with Gasteiger partial charge >= 0.3 is 0 Å². The molecule has 2 amide bonds. The molecule has 1 heterocycles. The second-order valence-electron chi connectivity index (χ2n) is 5.32. The van der Waals surface area contributed by atoms with Gasteiger partial charge in [0, 0.05) is 35.2 Å². The fraction of sp³-hybridized carbons (Fsp3) is 0.467. The number of hydrogen-bond acceptors (Lipinski definition) is 3. The van der Waals surface area contributed by atoms with Gasteiger partial charge in [0.2, 0.25) is 11.8 Å². The van der Waals surface area contributed by atoms with Crippen LogP contribution in [0.2, 0.25) is 10.0 Å². The minimum absolute atomic E-state index is 0. The lowest BCUT2D eigenvalue weighted by Gasteiger charge is -2.17. The summed E-state index contributed by atoms with van der Waals surface area (Å²) in [7, 11) is 0. The highest BCUT2D eigenvalue weighted by molar-refractivity contribution is 6.35. The number of anilines is 1. The molecule has 2 rings (SSSR count). The summed E-state index contributed by atoms with van der Waals surface area (Å²) >= 11 is 11.9. The summed E-state index contributed by atoms with van der Waals surface area (Å²) < 4.78 is 0. The number of amides is 2. The second-order valence-corrected chi connectivity index (χ2v) is 6.19. The maximum atomic E-state index is 12.1. The van der Waals surface area contributed by atoms with Crippen molar-refractivity contribution in [2.24, 2.45) is 11.7 Å². The molecule has 0 saturated carbocycles. The van der Waals surface area contributed by atoms with Crippen LogP contribution in [0.1, 0.15) is 19.3 Å². The van der Waals surface area contributed by atoms with E-state index in [0.29, 0.717) is 35.4 Å². The molecule has 0 spiro atoms. The average molecular weight is 381 g/mol. The van der Waals surface area contributed by atoms with Crippen molar-refractivity contribution in [3.8, 4) is 0 Å². The molecule has 0 aliphatic carbocycles.